The fraction of sp³-hybridized carbons (Fsp3) is 0.143. The summed E-state index contributed by atoms with van der Waals surface area (Å²) in [6.07, 6.45) is 0. The standard InChI is InChI=1S/C14H9BF5O/c1-6-3-9(17)11(13(20)12(6)19)15-8-4-7(16)5-10(18)14(8)21-2/h3-5H,1-2H3. The Morgan fingerprint density at radius 2 is 1.57 bits per heavy atom. The molecule has 2 aromatic rings. The van der Waals surface area contributed by atoms with Crippen LogP contribution in [0.2, 0.25) is 0 Å². The topological polar surface area (TPSA) is 9.23 Å². The molecule has 0 amide bonds. The second-order valence-electron chi connectivity index (χ2n) is 4.37. The summed E-state index contributed by atoms with van der Waals surface area (Å²) in [5.74, 6) is -6.07. The third-order valence-electron chi connectivity index (χ3n) is 2.92. The Kier molecular flexibility index (Phi) is 4.20. The molecule has 1 radical (unpaired) electrons. The molecule has 0 unspecified atom stereocenters. The summed E-state index contributed by atoms with van der Waals surface area (Å²) in [7, 11) is 1.91. The van der Waals surface area contributed by atoms with Gasteiger partial charge in [0.15, 0.2) is 17.5 Å². The normalized spacial score (nSPS) is 10.6. The maximum Gasteiger partial charge on any atom is 0.204 e. The summed E-state index contributed by atoms with van der Waals surface area (Å²) >= 11 is 0. The number of aryl methyl sites for hydroxylation is 1. The van der Waals surface area contributed by atoms with Gasteiger partial charge >= 0.3 is 0 Å². The average Bonchev–Trinajstić information content (AvgIpc) is 2.41. The quantitative estimate of drug-likeness (QED) is 0.480. The first-order valence-electron chi connectivity index (χ1n) is 5.87. The molecule has 0 aliphatic carbocycles. The zero-order chi connectivity index (χ0) is 15.7. The molecule has 2 rings (SSSR count). The Bertz CT molecular complexity index is 702. The molecule has 0 aliphatic heterocycles. The number of hydrogen-bond donors (Lipinski definition) is 0. The van der Waals surface area contributed by atoms with Gasteiger partial charge in [-0.3, -0.25) is 0 Å². The van der Waals surface area contributed by atoms with Crippen LogP contribution in [0, 0.1) is 36.0 Å². The smallest absolute Gasteiger partial charge is 0.204 e. The molecule has 0 saturated heterocycles. The Morgan fingerprint density at radius 1 is 0.905 bits per heavy atom. The van der Waals surface area contributed by atoms with E-state index in [1.54, 1.807) is 0 Å². The first kappa shape index (κ1) is 15.3. The minimum Gasteiger partial charge on any atom is -0.494 e. The number of benzene rings is 2. The van der Waals surface area contributed by atoms with Crippen LogP contribution in [0.3, 0.4) is 0 Å². The van der Waals surface area contributed by atoms with E-state index in [2.05, 4.69) is 0 Å². The zero-order valence-corrected chi connectivity index (χ0v) is 11.1. The molecule has 0 aromatic heterocycles. The predicted molar refractivity (Wildman–Crippen MR) is 69.0 cm³/mol. The first-order chi connectivity index (χ1) is 9.85. The fourth-order valence-electron chi connectivity index (χ4n) is 1.92. The molecule has 21 heavy (non-hydrogen) atoms. The van der Waals surface area contributed by atoms with Crippen molar-refractivity contribution >= 4 is 18.2 Å². The van der Waals surface area contributed by atoms with Crippen molar-refractivity contribution in [1.29, 1.82) is 0 Å². The minimum atomic E-state index is -1.43. The van der Waals surface area contributed by atoms with Crippen LogP contribution in [0.1, 0.15) is 5.56 Å². The van der Waals surface area contributed by atoms with Gasteiger partial charge in [-0.1, -0.05) is 0 Å². The molecule has 0 aliphatic rings. The summed E-state index contributed by atoms with van der Waals surface area (Å²) in [6, 6.07) is 2.20. The van der Waals surface area contributed by atoms with Crippen molar-refractivity contribution in [3.63, 3.8) is 0 Å². The second kappa shape index (κ2) is 5.75. The molecule has 109 valence electrons. The van der Waals surface area contributed by atoms with E-state index >= 15 is 0 Å². The number of ether oxygens (including phenoxy) is 1. The van der Waals surface area contributed by atoms with Gasteiger partial charge in [-0.2, -0.15) is 0 Å². The van der Waals surface area contributed by atoms with E-state index in [-0.39, 0.29) is 11.0 Å². The third-order valence-corrected chi connectivity index (χ3v) is 2.92. The fourth-order valence-corrected chi connectivity index (χ4v) is 1.92. The van der Waals surface area contributed by atoms with Gasteiger partial charge in [0.2, 0.25) is 7.28 Å². The molecule has 7 heteroatoms. The van der Waals surface area contributed by atoms with Gasteiger partial charge < -0.3 is 4.74 Å². The van der Waals surface area contributed by atoms with Crippen molar-refractivity contribution in [3.8, 4) is 5.75 Å². The van der Waals surface area contributed by atoms with E-state index in [9.17, 15) is 22.0 Å². The average molecular weight is 299 g/mol. The van der Waals surface area contributed by atoms with Crippen LogP contribution in [-0.2, 0) is 0 Å². The van der Waals surface area contributed by atoms with Gasteiger partial charge in [0.1, 0.15) is 17.4 Å². The van der Waals surface area contributed by atoms with Crippen LogP contribution in [0.15, 0.2) is 18.2 Å². The molecule has 2 aromatic carbocycles. The van der Waals surface area contributed by atoms with Crippen molar-refractivity contribution in [1.82, 2.24) is 0 Å². The van der Waals surface area contributed by atoms with Crippen molar-refractivity contribution < 1.29 is 26.7 Å². The van der Waals surface area contributed by atoms with Crippen LogP contribution in [0.4, 0.5) is 22.0 Å². The lowest BCUT2D eigenvalue weighted by molar-refractivity contribution is 0.388. The maximum absolute atomic E-state index is 13.8. The van der Waals surface area contributed by atoms with E-state index in [4.69, 9.17) is 4.74 Å². The van der Waals surface area contributed by atoms with Crippen molar-refractivity contribution in [2.24, 2.45) is 0 Å². The predicted octanol–water partition coefficient (Wildman–Crippen LogP) is 2.35. The Balaban J connectivity index is 2.56. The summed E-state index contributed by atoms with van der Waals surface area (Å²) < 4.78 is 72.4. The van der Waals surface area contributed by atoms with E-state index in [0.717, 1.165) is 26.5 Å². The highest BCUT2D eigenvalue weighted by Gasteiger charge is 2.21. The summed E-state index contributed by atoms with van der Waals surface area (Å²) in [5.41, 5.74) is -1.18. The van der Waals surface area contributed by atoms with Crippen molar-refractivity contribution in [2.45, 2.75) is 6.92 Å². The van der Waals surface area contributed by atoms with E-state index in [1.165, 1.54) is 6.92 Å². The molecule has 0 fully saturated rings. The van der Waals surface area contributed by atoms with Gasteiger partial charge in [-0.25, -0.2) is 22.0 Å². The van der Waals surface area contributed by atoms with Crippen LogP contribution < -0.4 is 15.7 Å². The Hall–Kier alpha value is -2.05. The highest BCUT2D eigenvalue weighted by molar-refractivity contribution is 6.68. The molecule has 0 heterocycles. The molecule has 0 atom stereocenters. The number of halogens is 5. The van der Waals surface area contributed by atoms with Gasteiger partial charge in [0.25, 0.3) is 0 Å². The second-order valence-corrected chi connectivity index (χ2v) is 4.37. The van der Waals surface area contributed by atoms with Gasteiger partial charge in [0.05, 0.1) is 7.11 Å². The summed E-state index contributed by atoms with van der Waals surface area (Å²) in [6.45, 7) is 1.20. The molecule has 0 saturated carbocycles. The van der Waals surface area contributed by atoms with Crippen molar-refractivity contribution in [3.05, 3.63) is 52.8 Å². The maximum atomic E-state index is 13.8. The Labute approximate surface area is 118 Å². The molecule has 0 spiro atoms. The van der Waals surface area contributed by atoms with Crippen LogP contribution in [0.5, 0.6) is 5.75 Å². The number of rotatable bonds is 3. The minimum absolute atomic E-state index is 0.209. The lowest BCUT2D eigenvalue weighted by Crippen LogP contribution is -2.35. The number of hydrogen-bond acceptors (Lipinski definition) is 1. The molecule has 0 N–H and O–H groups in total. The monoisotopic (exact) mass is 299 g/mol. The highest BCUT2D eigenvalue weighted by atomic mass is 19.2. The first-order valence-corrected chi connectivity index (χ1v) is 5.87. The molecule has 1 nitrogen and oxygen atoms in total. The number of methoxy groups -OCH3 is 1. The van der Waals surface area contributed by atoms with Gasteiger partial charge in [-0.05, 0) is 35.5 Å². The van der Waals surface area contributed by atoms with E-state index in [0.29, 0.717) is 6.07 Å². The lowest BCUT2D eigenvalue weighted by atomic mass is 9.62. The van der Waals surface area contributed by atoms with Crippen LogP contribution in [-0.4, -0.2) is 14.4 Å². The van der Waals surface area contributed by atoms with Crippen LogP contribution >= 0.6 is 0 Å². The summed E-state index contributed by atoms with van der Waals surface area (Å²) in [5, 5.41) is 0. The molecular formula is C14H9BF5O. The van der Waals surface area contributed by atoms with E-state index in [1.807, 2.05) is 0 Å². The SMILES string of the molecule is COc1c(F)cc(F)cc1[B]c1c(F)cc(C)c(F)c1F. The molecular weight excluding hydrogens is 290 g/mol. The van der Waals surface area contributed by atoms with Crippen LogP contribution in [0.25, 0.3) is 0 Å². The van der Waals surface area contributed by atoms with Gasteiger partial charge in [-0.15, -0.1) is 0 Å². The van der Waals surface area contributed by atoms with Gasteiger partial charge in [0, 0.05) is 6.07 Å². The zero-order valence-electron chi connectivity index (χ0n) is 11.1. The largest absolute Gasteiger partial charge is 0.494 e. The third kappa shape index (κ3) is 2.86. The lowest BCUT2D eigenvalue weighted by Gasteiger charge is -2.11. The molecule has 0 bridgehead atoms. The Morgan fingerprint density at radius 3 is 2.19 bits per heavy atom. The van der Waals surface area contributed by atoms with E-state index < -0.39 is 40.3 Å². The highest BCUT2D eigenvalue weighted by Crippen LogP contribution is 2.16. The summed E-state index contributed by atoms with van der Waals surface area (Å²) in [4.78, 5) is 0. The van der Waals surface area contributed by atoms with Crippen molar-refractivity contribution in [2.75, 3.05) is 7.11 Å².